The van der Waals surface area contributed by atoms with Crippen LogP contribution in [0.15, 0.2) is 76.3 Å². The first kappa shape index (κ1) is 16.6. The maximum atomic E-state index is 5.00. The van der Waals surface area contributed by atoms with Crippen LogP contribution in [0.2, 0.25) is 0 Å². The van der Waals surface area contributed by atoms with E-state index < -0.39 is 0 Å². The normalized spacial score (nSPS) is 10.5. The molecule has 2 nitrogen and oxygen atoms in total. The fourth-order valence-electron chi connectivity index (χ4n) is 2.66. The summed E-state index contributed by atoms with van der Waals surface area (Å²) in [4.78, 5) is 9.47. The van der Waals surface area contributed by atoms with Crippen molar-refractivity contribution in [2.45, 2.75) is 20.3 Å². The minimum absolute atomic E-state index is 0.902. The van der Waals surface area contributed by atoms with E-state index in [-0.39, 0.29) is 0 Å². The van der Waals surface area contributed by atoms with Crippen LogP contribution < -0.4 is 0 Å². The zero-order valence-corrected chi connectivity index (χ0v) is 15.4. The Bertz CT molecular complexity index is 814. The molecule has 0 saturated carbocycles. The van der Waals surface area contributed by atoms with Gasteiger partial charge < -0.3 is 0 Å². The number of aryl methyl sites for hydroxylation is 1. The molecule has 0 aliphatic rings. The van der Waals surface area contributed by atoms with Crippen molar-refractivity contribution < 1.29 is 0 Å². The summed E-state index contributed by atoms with van der Waals surface area (Å²) in [5, 5.41) is 0. The maximum Gasteiger partial charge on any atom is 0.0863 e. The summed E-state index contributed by atoms with van der Waals surface area (Å²) in [6, 6.07) is 20.6. The maximum absolute atomic E-state index is 5.00. The first-order valence-corrected chi connectivity index (χ1v) is 8.83. The standard InChI is InChI=1S/C21H19BrN2/c1-3-18-19(14-23-15(2)20(18)22)24-21(16-10-6-4-7-11-16)17-12-8-5-9-13-17/h4-14H,3H2,1-2H3. The molecule has 0 saturated heterocycles. The van der Waals surface area contributed by atoms with E-state index in [4.69, 9.17) is 4.99 Å². The molecule has 0 atom stereocenters. The molecule has 0 unspecified atom stereocenters. The zero-order chi connectivity index (χ0) is 16.9. The van der Waals surface area contributed by atoms with E-state index in [2.05, 4.69) is 52.1 Å². The Morgan fingerprint density at radius 2 is 1.50 bits per heavy atom. The van der Waals surface area contributed by atoms with Crippen molar-refractivity contribution in [3.05, 3.63) is 93.7 Å². The quantitative estimate of drug-likeness (QED) is 0.520. The first-order valence-electron chi connectivity index (χ1n) is 8.04. The molecule has 0 N–H and O–H groups in total. The summed E-state index contributed by atoms with van der Waals surface area (Å²) < 4.78 is 1.05. The number of rotatable bonds is 4. The third kappa shape index (κ3) is 3.46. The third-order valence-corrected chi connectivity index (χ3v) is 5.00. The van der Waals surface area contributed by atoms with Crippen LogP contribution in [0.4, 0.5) is 5.69 Å². The molecule has 0 amide bonds. The summed E-state index contributed by atoms with van der Waals surface area (Å²) in [5.74, 6) is 0. The Labute approximate surface area is 151 Å². The molecule has 0 radical (unpaired) electrons. The van der Waals surface area contributed by atoms with Gasteiger partial charge in [0.15, 0.2) is 0 Å². The second-order valence-corrected chi connectivity index (χ2v) is 6.36. The second kappa shape index (κ2) is 7.54. The van der Waals surface area contributed by atoms with Crippen molar-refractivity contribution in [3.8, 4) is 0 Å². The van der Waals surface area contributed by atoms with Crippen LogP contribution in [0.25, 0.3) is 0 Å². The highest BCUT2D eigenvalue weighted by atomic mass is 79.9. The van der Waals surface area contributed by atoms with E-state index in [1.165, 1.54) is 5.56 Å². The van der Waals surface area contributed by atoms with Gasteiger partial charge in [-0.2, -0.15) is 0 Å². The van der Waals surface area contributed by atoms with E-state index in [9.17, 15) is 0 Å². The molecule has 1 heterocycles. The van der Waals surface area contributed by atoms with Gasteiger partial charge in [-0.25, -0.2) is 4.99 Å². The number of pyridine rings is 1. The van der Waals surface area contributed by atoms with E-state index in [0.717, 1.165) is 39.1 Å². The van der Waals surface area contributed by atoms with Crippen molar-refractivity contribution in [1.82, 2.24) is 4.98 Å². The molecule has 24 heavy (non-hydrogen) atoms. The predicted molar refractivity (Wildman–Crippen MR) is 104 cm³/mol. The van der Waals surface area contributed by atoms with Crippen molar-refractivity contribution >= 4 is 27.3 Å². The van der Waals surface area contributed by atoms with Crippen molar-refractivity contribution in [2.24, 2.45) is 4.99 Å². The van der Waals surface area contributed by atoms with Gasteiger partial charge in [0.1, 0.15) is 0 Å². The van der Waals surface area contributed by atoms with Crippen LogP contribution in [0, 0.1) is 6.92 Å². The molecule has 0 aliphatic carbocycles. The predicted octanol–water partition coefficient (Wildman–Crippen LogP) is 5.88. The molecule has 1 aromatic heterocycles. The smallest absolute Gasteiger partial charge is 0.0863 e. The molecule has 0 spiro atoms. The second-order valence-electron chi connectivity index (χ2n) is 5.57. The largest absolute Gasteiger partial charge is 0.258 e. The highest BCUT2D eigenvalue weighted by Crippen LogP contribution is 2.30. The van der Waals surface area contributed by atoms with Crippen molar-refractivity contribution in [2.75, 3.05) is 0 Å². The minimum atomic E-state index is 0.902. The third-order valence-electron chi connectivity index (χ3n) is 3.95. The van der Waals surface area contributed by atoms with E-state index in [0.29, 0.717) is 0 Å². The van der Waals surface area contributed by atoms with Crippen LogP contribution in [-0.4, -0.2) is 10.7 Å². The van der Waals surface area contributed by atoms with Gasteiger partial charge in [0.05, 0.1) is 23.3 Å². The van der Waals surface area contributed by atoms with Crippen LogP contribution in [0.5, 0.6) is 0 Å². The Balaban J connectivity index is 2.20. The molecule has 120 valence electrons. The van der Waals surface area contributed by atoms with E-state index >= 15 is 0 Å². The number of nitrogens with zero attached hydrogens (tertiary/aromatic N) is 2. The fourth-order valence-corrected chi connectivity index (χ4v) is 3.25. The number of benzene rings is 2. The van der Waals surface area contributed by atoms with Gasteiger partial charge >= 0.3 is 0 Å². The van der Waals surface area contributed by atoms with E-state index in [1.54, 1.807) is 0 Å². The average molecular weight is 379 g/mol. The minimum Gasteiger partial charge on any atom is -0.258 e. The molecule has 0 bridgehead atoms. The van der Waals surface area contributed by atoms with Gasteiger partial charge in [0.2, 0.25) is 0 Å². The van der Waals surface area contributed by atoms with Crippen molar-refractivity contribution in [3.63, 3.8) is 0 Å². The molecule has 3 heteroatoms. The zero-order valence-electron chi connectivity index (χ0n) is 13.8. The Morgan fingerprint density at radius 3 is 2.00 bits per heavy atom. The Morgan fingerprint density at radius 1 is 0.958 bits per heavy atom. The van der Waals surface area contributed by atoms with Crippen LogP contribution >= 0.6 is 15.9 Å². The van der Waals surface area contributed by atoms with Crippen LogP contribution in [0.1, 0.15) is 29.3 Å². The topological polar surface area (TPSA) is 25.2 Å². The van der Waals surface area contributed by atoms with Gasteiger partial charge in [0.25, 0.3) is 0 Å². The molecule has 0 aliphatic heterocycles. The number of hydrogen-bond donors (Lipinski definition) is 0. The SMILES string of the molecule is CCc1c(N=C(c2ccccc2)c2ccccc2)cnc(C)c1Br. The van der Waals surface area contributed by atoms with Crippen molar-refractivity contribution in [1.29, 1.82) is 0 Å². The molecule has 0 fully saturated rings. The lowest BCUT2D eigenvalue weighted by Gasteiger charge is -2.11. The molecular weight excluding hydrogens is 360 g/mol. The summed E-state index contributed by atoms with van der Waals surface area (Å²) in [7, 11) is 0. The number of aromatic nitrogens is 1. The summed E-state index contributed by atoms with van der Waals surface area (Å²) in [5.41, 5.74) is 6.25. The average Bonchev–Trinajstić information content (AvgIpc) is 2.64. The van der Waals surface area contributed by atoms with Gasteiger partial charge in [0, 0.05) is 15.6 Å². The van der Waals surface area contributed by atoms with Gasteiger partial charge in [-0.3, -0.25) is 4.98 Å². The summed E-state index contributed by atoms with van der Waals surface area (Å²) in [6.45, 7) is 4.15. The van der Waals surface area contributed by atoms with Gasteiger partial charge in [-0.1, -0.05) is 67.6 Å². The monoisotopic (exact) mass is 378 g/mol. The number of hydrogen-bond acceptors (Lipinski definition) is 2. The lowest BCUT2D eigenvalue weighted by atomic mass is 10.0. The summed E-state index contributed by atoms with van der Waals surface area (Å²) >= 11 is 3.66. The van der Waals surface area contributed by atoms with Gasteiger partial charge in [-0.05, 0) is 34.8 Å². The molecule has 3 rings (SSSR count). The Kier molecular flexibility index (Phi) is 5.21. The molecule has 3 aromatic rings. The van der Waals surface area contributed by atoms with E-state index in [1.807, 2.05) is 49.5 Å². The summed E-state index contributed by atoms with van der Waals surface area (Å²) in [6.07, 6.45) is 2.77. The first-order chi connectivity index (χ1) is 11.7. The lowest BCUT2D eigenvalue weighted by molar-refractivity contribution is 1.06. The number of aliphatic imine (C=N–C) groups is 1. The lowest BCUT2D eigenvalue weighted by Crippen LogP contribution is -2.03. The molecule has 2 aromatic carbocycles. The van der Waals surface area contributed by atoms with Gasteiger partial charge in [-0.15, -0.1) is 0 Å². The van der Waals surface area contributed by atoms with Crippen LogP contribution in [-0.2, 0) is 6.42 Å². The molecular formula is C21H19BrN2. The highest BCUT2D eigenvalue weighted by molar-refractivity contribution is 9.10. The highest BCUT2D eigenvalue weighted by Gasteiger charge is 2.12. The Hall–Kier alpha value is -2.26. The fraction of sp³-hybridized carbons (Fsp3) is 0.143. The van der Waals surface area contributed by atoms with Crippen LogP contribution in [0.3, 0.4) is 0 Å². The number of halogens is 1.